The molecule has 0 radical (unpaired) electrons. The van der Waals surface area contributed by atoms with Crippen molar-refractivity contribution in [1.82, 2.24) is 10.9 Å². The summed E-state index contributed by atoms with van der Waals surface area (Å²) in [4.78, 5) is 23.4. The molecule has 7 nitrogen and oxygen atoms in total. The summed E-state index contributed by atoms with van der Waals surface area (Å²) < 4.78 is 16.4. The number of carbonyl (C=O) groups excluding carboxylic acids is 2. The molecule has 2 N–H and O–H groups in total. The predicted octanol–water partition coefficient (Wildman–Crippen LogP) is 2.72. The number of hydrazine groups is 1. The maximum absolute atomic E-state index is 11.7. The van der Waals surface area contributed by atoms with Crippen molar-refractivity contribution in [2.45, 2.75) is 0 Å². The van der Waals surface area contributed by atoms with Crippen molar-refractivity contribution in [3.8, 4) is 17.2 Å². The third-order valence-electron chi connectivity index (χ3n) is 3.02. The highest BCUT2D eigenvalue weighted by atomic mass is 79.9. The quantitative estimate of drug-likeness (QED) is 0.643. The van der Waals surface area contributed by atoms with E-state index in [4.69, 9.17) is 25.8 Å². The molecule has 2 aromatic carbocycles. The number of hydrogen-bond donors (Lipinski definition) is 2. The van der Waals surface area contributed by atoms with Crippen molar-refractivity contribution < 1.29 is 23.8 Å². The maximum atomic E-state index is 11.7. The van der Waals surface area contributed by atoms with E-state index in [1.165, 1.54) is 0 Å². The first kappa shape index (κ1) is 19.9. The zero-order chi connectivity index (χ0) is 18.9. The van der Waals surface area contributed by atoms with E-state index in [9.17, 15) is 9.59 Å². The van der Waals surface area contributed by atoms with Crippen molar-refractivity contribution in [2.24, 2.45) is 0 Å². The van der Waals surface area contributed by atoms with Crippen LogP contribution < -0.4 is 25.1 Å². The standard InChI is InChI=1S/C17H16BrClN2O5/c1-24-12-3-5-13(6-4-12)25-9-16(22)20-21-17(23)10-26-15-7-2-11(18)8-14(15)19/h2-8H,9-10H2,1H3,(H,20,22)(H,21,23). The second-order valence-electron chi connectivity index (χ2n) is 4.92. The molecule has 2 aromatic rings. The van der Waals surface area contributed by atoms with Crippen LogP contribution in [0.25, 0.3) is 0 Å². The van der Waals surface area contributed by atoms with Gasteiger partial charge in [0.2, 0.25) is 0 Å². The number of amides is 2. The van der Waals surface area contributed by atoms with Crippen LogP contribution >= 0.6 is 27.5 Å². The number of methoxy groups -OCH3 is 1. The molecule has 2 amide bonds. The van der Waals surface area contributed by atoms with Crippen LogP contribution in [0.3, 0.4) is 0 Å². The van der Waals surface area contributed by atoms with Gasteiger partial charge in [0.25, 0.3) is 11.8 Å². The van der Waals surface area contributed by atoms with E-state index in [-0.39, 0.29) is 13.2 Å². The highest BCUT2D eigenvalue weighted by Gasteiger charge is 2.08. The van der Waals surface area contributed by atoms with Crippen molar-refractivity contribution >= 4 is 39.3 Å². The largest absolute Gasteiger partial charge is 0.497 e. The number of halogens is 2. The van der Waals surface area contributed by atoms with Crippen LogP contribution in [0, 0.1) is 0 Å². The first-order valence-electron chi connectivity index (χ1n) is 7.40. The minimum Gasteiger partial charge on any atom is -0.497 e. The number of rotatable bonds is 7. The Bertz CT molecular complexity index is 770. The van der Waals surface area contributed by atoms with E-state index in [0.717, 1.165) is 4.47 Å². The summed E-state index contributed by atoms with van der Waals surface area (Å²) in [6, 6.07) is 11.8. The lowest BCUT2D eigenvalue weighted by atomic mass is 10.3. The Morgan fingerprint density at radius 1 is 0.962 bits per heavy atom. The fourth-order valence-corrected chi connectivity index (χ4v) is 2.50. The molecular formula is C17H16BrClN2O5. The van der Waals surface area contributed by atoms with Gasteiger partial charge in [-0.25, -0.2) is 0 Å². The van der Waals surface area contributed by atoms with Crippen molar-refractivity contribution in [3.63, 3.8) is 0 Å². The SMILES string of the molecule is COc1ccc(OCC(=O)NNC(=O)COc2ccc(Br)cc2Cl)cc1. The second-order valence-corrected chi connectivity index (χ2v) is 6.25. The van der Waals surface area contributed by atoms with E-state index in [0.29, 0.717) is 22.3 Å². The van der Waals surface area contributed by atoms with Gasteiger partial charge in [0, 0.05) is 4.47 Å². The van der Waals surface area contributed by atoms with Gasteiger partial charge in [-0.2, -0.15) is 0 Å². The summed E-state index contributed by atoms with van der Waals surface area (Å²) in [6.07, 6.45) is 0. The molecule has 0 saturated heterocycles. The van der Waals surface area contributed by atoms with Crippen LogP contribution in [-0.4, -0.2) is 32.1 Å². The average molecular weight is 444 g/mol. The number of ether oxygens (including phenoxy) is 3. The van der Waals surface area contributed by atoms with Gasteiger partial charge in [0.05, 0.1) is 12.1 Å². The van der Waals surface area contributed by atoms with Gasteiger partial charge in [0.1, 0.15) is 17.2 Å². The van der Waals surface area contributed by atoms with Gasteiger partial charge >= 0.3 is 0 Å². The molecule has 9 heteroatoms. The molecule has 0 atom stereocenters. The lowest BCUT2D eigenvalue weighted by molar-refractivity contribution is -0.131. The van der Waals surface area contributed by atoms with Gasteiger partial charge in [-0.1, -0.05) is 27.5 Å². The topological polar surface area (TPSA) is 85.9 Å². The molecule has 0 bridgehead atoms. The summed E-state index contributed by atoms with van der Waals surface area (Å²) in [6.45, 7) is -0.563. The van der Waals surface area contributed by atoms with Crippen LogP contribution in [0.4, 0.5) is 0 Å². The Balaban J connectivity index is 1.68. The molecule has 0 aliphatic carbocycles. The maximum Gasteiger partial charge on any atom is 0.276 e. The van der Waals surface area contributed by atoms with E-state index < -0.39 is 11.8 Å². The van der Waals surface area contributed by atoms with Gasteiger partial charge in [-0.05, 0) is 42.5 Å². The molecule has 0 aliphatic rings. The first-order valence-corrected chi connectivity index (χ1v) is 8.57. The molecule has 0 spiro atoms. The van der Waals surface area contributed by atoms with Crippen molar-refractivity contribution in [2.75, 3.05) is 20.3 Å². The Hall–Kier alpha value is -2.45. The number of hydrogen-bond acceptors (Lipinski definition) is 5. The molecular weight excluding hydrogens is 428 g/mol. The lowest BCUT2D eigenvalue weighted by Crippen LogP contribution is -2.45. The summed E-state index contributed by atoms with van der Waals surface area (Å²) in [5, 5.41) is 0.365. The van der Waals surface area contributed by atoms with E-state index in [1.54, 1.807) is 49.6 Å². The monoisotopic (exact) mass is 442 g/mol. The smallest absolute Gasteiger partial charge is 0.276 e. The second kappa shape index (κ2) is 9.88. The molecule has 0 aliphatic heterocycles. The Labute approximate surface area is 163 Å². The van der Waals surface area contributed by atoms with Gasteiger partial charge in [0.15, 0.2) is 13.2 Å². The zero-order valence-corrected chi connectivity index (χ0v) is 16.1. The first-order chi connectivity index (χ1) is 12.5. The molecule has 26 heavy (non-hydrogen) atoms. The number of nitrogens with one attached hydrogen (secondary N) is 2. The summed E-state index contributed by atoms with van der Waals surface area (Å²) in [5.74, 6) is 0.484. The van der Waals surface area contributed by atoms with E-state index in [2.05, 4.69) is 26.8 Å². The number of benzene rings is 2. The third-order valence-corrected chi connectivity index (χ3v) is 3.81. The molecule has 0 heterocycles. The highest BCUT2D eigenvalue weighted by Crippen LogP contribution is 2.27. The lowest BCUT2D eigenvalue weighted by Gasteiger charge is -2.10. The van der Waals surface area contributed by atoms with Gasteiger partial charge in [-0.15, -0.1) is 0 Å². The van der Waals surface area contributed by atoms with Crippen LogP contribution in [0.1, 0.15) is 0 Å². The Morgan fingerprint density at radius 2 is 1.54 bits per heavy atom. The molecule has 138 valence electrons. The van der Waals surface area contributed by atoms with Crippen molar-refractivity contribution in [3.05, 3.63) is 52.0 Å². The third kappa shape index (κ3) is 6.45. The van der Waals surface area contributed by atoms with Crippen molar-refractivity contribution in [1.29, 1.82) is 0 Å². The molecule has 0 unspecified atom stereocenters. The fraction of sp³-hybridized carbons (Fsp3) is 0.176. The van der Waals surface area contributed by atoms with Gasteiger partial charge in [-0.3, -0.25) is 20.4 Å². The van der Waals surface area contributed by atoms with E-state index >= 15 is 0 Å². The summed E-state index contributed by atoms with van der Waals surface area (Å²) in [5.41, 5.74) is 4.45. The molecule has 0 saturated carbocycles. The molecule has 0 fully saturated rings. The van der Waals surface area contributed by atoms with Crippen LogP contribution in [-0.2, 0) is 9.59 Å². The predicted molar refractivity (Wildman–Crippen MR) is 99.4 cm³/mol. The van der Waals surface area contributed by atoms with Crippen LogP contribution in [0.2, 0.25) is 5.02 Å². The highest BCUT2D eigenvalue weighted by molar-refractivity contribution is 9.10. The Morgan fingerprint density at radius 3 is 2.12 bits per heavy atom. The number of carbonyl (C=O) groups is 2. The van der Waals surface area contributed by atoms with Crippen LogP contribution in [0.15, 0.2) is 46.9 Å². The normalized spacial score (nSPS) is 9.96. The molecule has 0 aromatic heterocycles. The van der Waals surface area contributed by atoms with E-state index in [1.807, 2.05) is 0 Å². The average Bonchev–Trinajstić information content (AvgIpc) is 2.64. The zero-order valence-electron chi connectivity index (χ0n) is 13.8. The van der Waals surface area contributed by atoms with Gasteiger partial charge < -0.3 is 14.2 Å². The molecule has 2 rings (SSSR count). The minimum atomic E-state index is -0.540. The summed E-state index contributed by atoms with van der Waals surface area (Å²) >= 11 is 9.25. The van der Waals surface area contributed by atoms with Crippen LogP contribution in [0.5, 0.6) is 17.2 Å². The fourth-order valence-electron chi connectivity index (χ4n) is 1.77. The summed E-state index contributed by atoms with van der Waals surface area (Å²) in [7, 11) is 1.56. The minimum absolute atomic E-state index is 0.258. The Kier molecular flexibility index (Phi) is 7.55.